The van der Waals surface area contributed by atoms with E-state index in [0.717, 1.165) is 36.4 Å². The Kier molecular flexibility index (Phi) is 3.55. The van der Waals surface area contributed by atoms with Crippen molar-refractivity contribution in [1.82, 2.24) is 24.9 Å². The van der Waals surface area contributed by atoms with Gasteiger partial charge in [0.15, 0.2) is 5.65 Å². The molecule has 0 aliphatic carbocycles. The van der Waals surface area contributed by atoms with Gasteiger partial charge in [-0.3, -0.25) is 4.98 Å². The Hall–Kier alpha value is -2.67. The summed E-state index contributed by atoms with van der Waals surface area (Å²) in [7, 11) is 0. The summed E-state index contributed by atoms with van der Waals surface area (Å²) >= 11 is 0. The molecule has 1 aliphatic heterocycles. The van der Waals surface area contributed by atoms with E-state index < -0.39 is 0 Å². The first-order chi connectivity index (χ1) is 11.3. The number of pyridine rings is 2. The molecule has 7 nitrogen and oxygen atoms in total. The van der Waals surface area contributed by atoms with Crippen molar-refractivity contribution < 1.29 is 0 Å². The van der Waals surface area contributed by atoms with Gasteiger partial charge in [-0.2, -0.15) is 9.50 Å². The summed E-state index contributed by atoms with van der Waals surface area (Å²) in [6, 6.07) is 7.83. The van der Waals surface area contributed by atoms with Gasteiger partial charge in [-0.15, -0.1) is 5.10 Å². The zero-order chi connectivity index (χ0) is 15.6. The smallest absolute Gasteiger partial charge is 0.247 e. The quantitative estimate of drug-likeness (QED) is 0.684. The van der Waals surface area contributed by atoms with E-state index in [0.29, 0.717) is 17.7 Å². The van der Waals surface area contributed by atoms with Crippen LogP contribution in [0.3, 0.4) is 0 Å². The number of piperidine rings is 1. The van der Waals surface area contributed by atoms with E-state index in [4.69, 9.17) is 5.73 Å². The van der Waals surface area contributed by atoms with E-state index in [1.165, 1.54) is 6.42 Å². The number of nitrogen functional groups attached to an aromatic ring is 1. The monoisotopic (exact) mass is 309 g/mol. The molecule has 7 heteroatoms. The molecule has 0 bridgehead atoms. The lowest BCUT2D eigenvalue weighted by Crippen LogP contribution is -2.29. The third-order valence-electron chi connectivity index (χ3n) is 4.22. The predicted molar refractivity (Wildman–Crippen MR) is 89.8 cm³/mol. The van der Waals surface area contributed by atoms with E-state index in [-0.39, 0.29) is 0 Å². The topological polar surface area (TPSA) is 93.2 Å². The third-order valence-corrected chi connectivity index (χ3v) is 4.22. The average molecular weight is 309 g/mol. The molecule has 118 valence electrons. The summed E-state index contributed by atoms with van der Waals surface area (Å²) in [6.45, 7) is 2.05. The normalized spacial score (nSPS) is 18.2. The van der Waals surface area contributed by atoms with Gasteiger partial charge in [0.25, 0.3) is 0 Å². The maximum atomic E-state index is 6.35. The summed E-state index contributed by atoms with van der Waals surface area (Å²) in [5, 5.41) is 11.1. The Labute approximate surface area is 133 Å². The summed E-state index contributed by atoms with van der Waals surface area (Å²) in [5.74, 6) is 1.62. The standard InChI is InChI=1S/C16H19N7/c17-15-13(11-3-1-7-18-9-11)5-6-14-21-16(22-23(14)15)20-12-4-2-8-19-10-12/h2,4-6,8,10-11,18H,1,3,7,9,17H2,(H,20,22). The van der Waals surface area contributed by atoms with Crippen LogP contribution in [0.1, 0.15) is 24.3 Å². The highest BCUT2D eigenvalue weighted by Crippen LogP contribution is 2.28. The molecule has 1 fully saturated rings. The largest absolute Gasteiger partial charge is 0.383 e. The highest BCUT2D eigenvalue weighted by atomic mass is 15.4. The molecule has 3 aromatic rings. The van der Waals surface area contributed by atoms with Gasteiger partial charge in [0.1, 0.15) is 5.82 Å². The maximum absolute atomic E-state index is 6.35. The minimum absolute atomic E-state index is 0.437. The van der Waals surface area contributed by atoms with E-state index in [9.17, 15) is 0 Å². The first-order valence-electron chi connectivity index (χ1n) is 7.84. The van der Waals surface area contributed by atoms with E-state index in [1.807, 2.05) is 18.2 Å². The van der Waals surface area contributed by atoms with Crippen molar-refractivity contribution in [2.75, 3.05) is 24.1 Å². The van der Waals surface area contributed by atoms with Crippen molar-refractivity contribution in [2.24, 2.45) is 0 Å². The van der Waals surface area contributed by atoms with Crippen LogP contribution < -0.4 is 16.4 Å². The number of anilines is 3. The Bertz CT molecular complexity index is 806. The summed E-state index contributed by atoms with van der Waals surface area (Å²) < 4.78 is 1.71. The van der Waals surface area contributed by atoms with Crippen LogP contribution in [0, 0.1) is 0 Å². The van der Waals surface area contributed by atoms with Crippen LogP contribution in [0.15, 0.2) is 36.7 Å². The molecule has 3 aromatic heterocycles. The number of hydrogen-bond donors (Lipinski definition) is 3. The molecule has 4 heterocycles. The number of nitrogens with zero attached hydrogens (tertiary/aromatic N) is 4. The van der Waals surface area contributed by atoms with E-state index in [2.05, 4.69) is 31.8 Å². The van der Waals surface area contributed by atoms with Crippen molar-refractivity contribution in [2.45, 2.75) is 18.8 Å². The second-order valence-corrected chi connectivity index (χ2v) is 5.79. The molecule has 4 rings (SSSR count). The Balaban J connectivity index is 1.67. The molecule has 1 aliphatic rings. The predicted octanol–water partition coefficient (Wildman–Crippen LogP) is 1.92. The number of nitrogens with two attached hydrogens (primary N) is 1. The van der Waals surface area contributed by atoms with Gasteiger partial charge in [-0.05, 0) is 43.1 Å². The average Bonchev–Trinajstić information content (AvgIpc) is 3.00. The zero-order valence-corrected chi connectivity index (χ0v) is 12.7. The van der Waals surface area contributed by atoms with Crippen LogP contribution in [-0.2, 0) is 0 Å². The van der Waals surface area contributed by atoms with Crippen LogP contribution in [-0.4, -0.2) is 32.7 Å². The van der Waals surface area contributed by atoms with Crippen molar-refractivity contribution in [1.29, 1.82) is 0 Å². The fourth-order valence-electron chi connectivity index (χ4n) is 3.06. The molecular weight excluding hydrogens is 290 g/mol. The van der Waals surface area contributed by atoms with Gasteiger partial charge in [-0.1, -0.05) is 6.07 Å². The Morgan fingerprint density at radius 1 is 1.30 bits per heavy atom. The van der Waals surface area contributed by atoms with Crippen LogP contribution in [0.2, 0.25) is 0 Å². The number of aromatic nitrogens is 4. The molecule has 4 N–H and O–H groups in total. The summed E-state index contributed by atoms with van der Waals surface area (Å²) in [4.78, 5) is 8.54. The number of rotatable bonds is 3. The van der Waals surface area contributed by atoms with E-state index >= 15 is 0 Å². The van der Waals surface area contributed by atoms with Gasteiger partial charge in [-0.25, -0.2) is 0 Å². The van der Waals surface area contributed by atoms with Gasteiger partial charge in [0.2, 0.25) is 5.95 Å². The van der Waals surface area contributed by atoms with Gasteiger partial charge in [0, 0.05) is 18.7 Å². The minimum atomic E-state index is 0.437. The second kappa shape index (κ2) is 5.85. The van der Waals surface area contributed by atoms with Crippen molar-refractivity contribution in [3.8, 4) is 0 Å². The van der Waals surface area contributed by atoms with Crippen LogP contribution in [0.4, 0.5) is 17.5 Å². The fourth-order valence-corrected chi connectivity index (χ4v) is 3.06. The molecular formula is C16H19N7. The molecule has 1 saturated heterocycles. The van der Waals surface area contributed by atoms with Crippen molar-refractivity contribution in [3.05, 3.63) is 42.2 Å². The molecule has 23 heavy (non-hydrogen) atoms. The minimum Gasteiger partial charge on any atom is -0.383 e. The SMILES string of the molecule is Nc1c(C2CCCNC2)ccc2nc(Nc3cccnc3)nn12. The number of fused-ring (bicyclic) bond motifs is 1. The lowest BCUT2D eigenvalue weighted by molar-refractivity contribution is 0.461. The second-order valence-electron chi connectivity index (χ2n) is 5.79. The van der Waals surface area contributed by atoms with Gasteiger partial charge < -0.3 is 16.4 Å². The lowest BCUT2D eigenvalue weighted by atomic mass is 9.92. The lowest BCUT2D eigenvalue weighted by Gasteiger charge is -2.24. The molecule has 0 spiro atoms. The Morgan fingerprint density at radius 3 is 3.04 bits per heavy atom. The zero-order valence-electron chi connectivity index (χ0n) is 12.7. The molecule has 0 radical (unpaired) electrons. The number of hydrogen-bond acceptors (Lipinski definition) is 6. The molecule has 0 saturated carbocycles. The van der Waals surface area contributed by atoms with Crippen LogP contribution >= 0.6 is 0 Å². The molecule has 1 unspecified atom stereocenters. The Morgan fingerprint density at radius 2 is 2.26 bits per heavy atom. The fraction of sp³-hybridized carbons (Fsp3) is 0.312. The first-order valence-corrected chi connectivity index (χ1v) is 7.84. The third kappa shape index (κ3) is 2.70. The summed E-state index contributed by atoms with van der Waals surface area (Å²) in [6.07, 6.45) is 5.78. The van der Waals surface area contributed by atoms with Crippen LogP contribution in [0.25, 0.3) is 5.65 Å². The molecule has 0 aromatic carbocycles. The van der Waals surface area contributed by atoms with Crippen LogP contribution in [0.5, 0.6) is 0 Å². The molecule has 1 atom stereocenters. The van der Waals surface area contributed by atoms with E-state index in [1.54, 1.807) is 16.9 Å². The highest BCUT2D eigenvalue weighted by molar-refractivity contribution is 5.58. The molecule has 0 amide bonds. The first kappa shape index (κ1) is 14.0. The van der Waals surface area contributed by atoms with Gasteiger partial charge >= 0.3 is 0 Å². The maximum Gasteiger partial charge on any atom is 0.247 e. The van der Waals surface area contributed by atoms with Crippen molar-refractivity contribution >= 4 is 23.1 Å². The highest BCUT2D eigenvalue weighted by Gasteiger charge is 2.19. The van der Waals surface area contributed by atoms with Gasteiger partial charge in [0.05, 0.1) is 11.9 Å². The summed E-state index contributed by atoms with van der Waals surface area (Å²) in [5.41, 5.74) is 9.07. The number of nitrogens with one attached hydrogen (secondary N) is 2. The van der Waals surface area contributed by atoms with Crippen molar-refractivity contribution in [3.63, 3.8) is 0 Å².